The van der Waals surface area contributed by atoms with E-state index in [1.807, 2.05) is 0 Å². The van der Waals surface area contributed by atoms with Crippen molar-refractivity contribution in [3.8, 4) is 12.3 Å². The van der Waals surface area contributed by atoms with Crippen LogP contribution >= 0.6 is 0 Å². The topological polar surface area (TPSA) is 108 Å². The Morgan fingerprint density at radius 2 is 1.97 bits per heavy atom. The van der Waals surface area contributed by atoms with Gasteiger partial charge in [-0.3, -0.25) is 9.59 Å². The average Bonchev–Trinajstić information content (AvgIpc) is 3.04. The quantitative estimate of drug-likeness (QED) is 0.448. The standard InChI is InChI=1S/C25H34N2O5/c1-4-25(31)12-9-20-18-6-5-16-13-17(27-32-15-21(28)26-14-22(29)30)7-10-23(16,2)19(18)8-11-24(20,25)3/h1,13,18-20,31H,5-12,14-15H2,2-3H3,(H,26,28)(H,29,30)/b27-17+/t18-,19+,20-,23+,24+,25-/m1/s1. The van der Waals surface area contributed by atoms with E-state index in [0.29, 0.717) is 24.2 Å². The first-order valence-corrected chi connectivity index (χ1v) is 11.7. The predicted molar refractivity (Wildman–Crippen MR) is 120 cm³/mol. The SMILES string of the molecule is C#C[C@@]1(O)CC[C@@H]2[C@@H]3CCC4=C/C(=N/OCC(=O)NCC(=O)O)CC[C@]4(C)[C@H]3CC[C@@]21C. The summed E-state index contributed by atoms with van der Waals surface area (Å²) in [6.45, 7) is 3.88. The maximum Gasteiger partial charge on any atom is 0.322 e. The van der Waals surface area contributed by atoms with E-state index in [1.54, 1.807) is 0 Å². The molecular formula is C25H34N2O5. The van der Waals surface area contributed by atoms with Gasteiger partial charge in [0.1, 0.15) is 12.1 Å². The van der Waals surface area contributed by atoms with Crippen LogP contribution in [0.15, 0.2) is 16.8 Å². The summed E-state index contributed by atoms with van der Waals surface area (Å²) in [6.07, 6.45) is 15.6. The van der Waals surface area contributed by atoms with E-state index in [-0.39, 0.29) is 17.4 Å². The van der Waals surface area contributed by atoms with E-state index >= 15 is 0 Å². The third kappa shape index (κ3) is 3.63. The largest absolute Gasteiger partial charge is 0.480 e. The number of aliphatic hydroxyl groups is 1. The predicted octanol–water partition coefficient (Wildman–Crippen LogP) is 2.89. The number of oxime groups is 1. The Labute approximate surface area is 189 Å². The molecule has 0 spiro atoms. The molecule has 1 amide bonds. The second kappa shape index (κ2) is 8.22. The highest BCUT2D eigenvalue weighted by Gasteiger charge is 2.63. The van der Waals surface area contributed by atoms with Crippen LogP contribution in [0.3, 0.4) is 0 Å². The molecule has 0 aliphatic heterocycles. The summed E-state index contributed by atoms with van der Waals surface area (Å²) >= 11 is 0. The highest BCUT2D eigenvalue weighted by Crippen LogP contribution is 2.67. The molecular weight excluding hydrogens is 408 g/mol. The van der Waals surface area contributed by atoms with Gasteiger partial charge in [0, 0.05) is 5.41 Å². The number of hydrogen-bond donors (Lipinski definition) is 3. The first-order chi connectivity index (χ1) is 15.1. The molecule has 7 heteroatoms. The number of carbonyl (C=O) groups is 2. The van der Waals surface area contributed by atoms with E-state index < -0.39 is 24.0 Å². The van der Waals surface area contributed by atoms with Crippen molar-refractivity contribution in [3.63, 3.8) is 0 Å². The second-order valence-corrected chi connectivity index (χ2v) is 10.5. The summed E-state index contributed by atoms with van der Waals surface area (Å²) in [7, 11) is 0. The van der Waals surface area contributed by atoms with E-state index in [2.05, 4.69) is 36.3 Å². The van der Waals surface area contributed by atoms with Crippen molar-refractivity contribution in [2.45, 2.75) is 70.8 Å². The zero-order chi connectivity index (χ0) is 23.1. The summed E-state index contributed by atoms with van der Waals surface area (Å²) in [5.41, 5.74) is 1.22. The lowest BCUT2D eigenvalue weighted by atomic mass is 9.46. The van der Waals surface area contributed by atoms with Gasteiger partial charge in [0.25, 0.3) is 5.91 Å². The molecule has 4 rings (SSSR count). The summed E-state index contributed by atoms with van der Waals surface area (Å²) < 4.78 is 0. The van der Waals surface area contributed by atoms with Crippen molar-refractivity contribution >= 4 is 17.6 Å². The molecule has 4 aliphatic rings. The molecule has 3 N–H and O–H groups in total. The van der Waals surface area contributed by atoms with Crippen molar-refractivity contribution in [1.82, 2.24) is 5.32 Å². The molecule has 6 atom stereocenters. The number of terminal acetylenes is 1. The Morgan fingerprint density at radius 3 is 2.69 bits per heavy atom. The number of amides is 1. The minimum Gasteiger partial charge on any atom is -0.480 e. The molecule has 3 saturated carbocycles. The minimum absolute atomic E-state index is 0.124. The Balaban J connectivity index is 1.44. The van der Waals surface area contributed by atoms with E-state index in [4.69, 9.17) is 16.4 Å². The van der Waals surface area contributed by atoms with Crippen molar-refractivity contribution in [2.24, 2.45) is 33.7 Å². The zero-order valence-electron chi connectivity index (χ0n) is 19.0. The maximum absolute atomic E-state index is 11.6. The molecule has 0 unspecified atom stereocenters. The zero-order valence-corrected chi connectivity index (χ0v) is 19.0. The van der Waals surface area contributed by atoms with Crippen LogP contribution in [0, 0.1) is 40.9 Å². The molecule has 0 aromatic carbocycles. The maximum atomic E-state index is 11.6. The van der Waals surface area contributed by atoms with Gasteiger partial charge >= 0.3 is 5.97 Å². The fourth-order valence-electron chi connectivity index (χ4n) is 7.30. The van der Waals surface area contributed by atoms with E-state index in [9.17, 15) is 14.7 Å². The number of rotatable bonds is 5. The molecule has 0 aromatic heterocycles. The van der Waals surface area contributed by atoms with Crippen LogP contribution in [-0.2, 0) is 14.4 Å². The molecule has 0 heterocycles. The van der Waals surface area contributed by atoms with E-state index in [0.717, 1.165) is 50.7 Å². The number of aliphatic carboxylic acids is 1. The smallest absolute Gasteiger partial charge is 0.322 e. The summed E-state index contributed by atoms with van der Waals surface area (Å²) in [5.74, 6) is 2.80. The van der Waals surface area contributed by atoms with Crippen molar-refractivity contribution < 1.29 is 24.6 Å². The number of carboxylic acids is 1. The van der Waals surface area contributed by atoms with Gasteiger partial charge in [-0.05, 0) is 80.6 Å². The van der Waals surface area contributed by atoms with Gasteiger partial charge in [-0.25, -0.2) is 0 Å². The van der Waals surface area contributed by atoms with Crippen LogP contribution in [0.25, 0.3) is 0 Å². The van der Waals surface area contributed by atoms with Gasteiger partial charge < -0.3 is 20.4 Å². The number of carboxylic acid groups (broad SMARTS) is 1. The molecule has 0 radical (unpaired) electrons. The van der Waals surface area contributed by atoms with Gasteiger partial charge in [0.05, 0.1) is 5.71 Å². The van der Waals surface area contributed by atoms with Crippen LogP contribution in [0.5, 0.6) is 0 Å². The van der Waals surface area contributed by atoms with Crippen molar-refractivity contribution in [1.29, 1.82) is 0 Å². The third-order valence-electron chi connectivity index (χ3n) is 9.18. The van der Waals surface area contributed by atoms with E-state index in [1.165, 1.54) is 5.57 Å². The number of fused-ring (bicyclic) bond motifs is 5. The van der Waals surface area contributed by atoms with Gasteiger partial charge in [0.2, 0.25) is 0 Å². The van der Waals surface area contributed by atoms with Crippen LogP contribution < -0.4 is 5.32 Å². The molecule has 3 fully saturated rings. The van der Waals surface area contributed by atoms with Crippen LogP contribution in [0.1, 0.15) is 65.2 Å². The molecule has 32 heavy (non-hydrogen) atoms. The van der Waals surface area contributed by atoms with Crippen LogP contribution in [-0.4, -0.2) is 46.6 Å². The lowest BCUT2D eigenvalue weighted by molar-refractivity contribution is -0.138. The van der Waals surface area contributed by atoms with Crippen molar-refractivity contribution in [2.75, 3.05) is 13.2 Å². The van der Waals surface area contributed by atoms with Gasteiger partial charge in [-0.1, -0.05) is 30.5 Å². The third-order valence-corrected chi connectivity index (χ3v) is 9.18. The minimum atomic E-state index is -1.10. The number of nitrogens with one attached hydrogen (secondary N) is 1. The van der Waals surface area contributed by atoms with Crippen molar-refractivity contribution in [3.05, 3.63) is 11.6 Å². The molecule has 0 saturated heterocycles. The lowest BCUT2D eigenvalue weighted by Gasteiger charge is -2.58. The molecule has 174 valence electrons. The Kier molecular flexibility index (Phi) is 5.87. The Hall–Kier alpha value is -2.33. The Morgan fingerprint density at radius 1 is 1.22 bits per heavy atom. The monoisotopic (exact) mass is 442 g/mol. The summed E-state index contributed by atoms with van der Waals surface area (Å²) in [6, 6.07) is 0. The average molecular weight is 443 g/mol. The number of allylic oxidation sites excluding steroid dienone is 2. The highest BCUT2D eigenvalue weighted by atomic mass is 16.6. The second-order valence-electron chi connectivity index (χ2n) is 10.5. The first-order valence-electron chi connectivity index (χ1n) is 11.7. The first kappa shape index (κ1) is 22.8. The molecule has 0 bridgehead atoms. The van der Waals surface area contributed by atoms with Gasteiger partial charge in [-0.15, -0.1) is 6.42 Å². The fourth-order valence-corrected chi connectivity index (χ4v) is 7.30. The highest BCUT2D eigenvalue weighted by molar-refractivity contribution is 5.96. The number of hydrogen-bond acceptors (Lipinski definition) is 5. The molecule has 4 aliphatic carbocycles. The van der Waals surface area contributed by atoms with Crippen LogP contribution in [0.2, 0.25) is 0 Å². The Bertz CT molecular complexity index is 904. The number of carbonyl (C=O) groups excluding carboxylic acids is 1. The number of nitrogens with zero attached hydrogens (tertiary/aromatic N) is 1. The lowest BCUT2D eigenvalue weighted by Crippen LogP contribution is -2.54. The normalized spacial score (nSPS) is 41.5. The molecule has 0 aromatic rings. The summed E-state index contributed by atoms with van der Waals surface area (Å²) in [4.78, 5) is 27.3. The van der Waals surface area contributed by atoms with Gasteiger partial charge in [0.15, 0.2) is 6.61 Å². The van der Waals surface area contributed by atoms with Crippen LogP contribution in [0.4, 0.5) is 0 Å². The molecule has 7 nitrogen and oxygen atoms in total. The fraction of sp³-hybridized carbons (Fsp3) is 0.720. The summed E-state index contributed by atoms with van der Waals surface area (Å²) in [5, 5.41) is 26.1. The van der Waals surface area contributed by atoms with Gasteiger partial charge in [-0.2, -0.15) is 0 Å².